The minimum absolute atomic E-state index is 0.0250. The van der Waals surface area contributed by atoms with Crippen molar-refractivity contribution in [2.24, 2.45) is 11.3 Å². The predicted molar refractivity (Wildman–Crippen MR) is 108 cm³/mol. The van der Waals surface area contributed by atoms with E-state index in [0.717, 1.165) is 19.3 Å². The van der Waals surface area contributed by atoms with Crippen LogP contribution in [0.3, 0.4) is 0 Å². The Bertz CT molecular complexity index is 1010. The molecule has 0 aliphatic heterocycles. The van der Waals surface area contributed by atoms with Crippen molar-refractivity contribution in [1.82, 2.24) is 9.55 Å². The smallest absolute Gasteiger partial charge is 0.386 e. The first-order valence-electron chi connectivity index (χ1n) is 10.7. The van der Waals surface area contributed by atoms with Gasteiger partial charge in [-0.2, -0.15) is 13.2 Å². The van der Waals surface area contributed by atoms with Crippen molar-refractivity contribution in [3.63, 3.8) is 0 Å². The molecule has 9 heteroatoms. The molecule has 31 heavy (non-hydrogen) atoms. The Labute approximate surface area is 177 Å². The van der Waals surface area contributed by atoms with Crippen molar-refractivity contribution >= 4 is 22.9 Å². The van der Waals surface area contributed by atoms with E-state index in [0.29, 0.717) is 17.5 Å². The highest BCUT2D eigenvalue weighted by Crippen LogP contribution is 2.57. The van der Waals surface area contributed by atoms with Gasteiger partial charge in [0.15, 0.2) is 5.82 Å². The van der Waals surface area contributed by atoms with Crippen LogP contribution in [0.5, 0.6) is 0 Å². The summed E-state index contributed by atoms with van der Waals surface area (Å²) in [7, 11) is 0. The Kier molecular flexibility index (Phi) is 5.11. The first kappa shape index (κ1) is 22.0. The van der Waals surface area contributed by atoms with Gasteiger partial charge >= 0.3 is 6.18 Å². The highest BCUT2D eigenvalue weighted by atomic mass is 19.4. The quantitative estimate of drug-likeness (QED) is 0.608. The highest BCUT2D eigenvalue weighted by Gasteiger charge is 2.62. The third-order valence-electron chi connectivity index (χ3n) is 7.16. The molecule has 1 atom stereocenters. The van der Waals surface area contributed by atoms with E-state index >= 15 is 0 Å². The van der Waals surface area contributed by atoms with Crippen LogP contribution in [0, 0.1) is 17.2 Å². The van der Waals surface area contributed by atoms with Gasteiger partial charge in [-0.05, 0) is 63.6 Å². The zero-order valence-corrected chi connectivity index (χ0v) is 17.8. The van der Waals surface area contributed by atoms with Gasteiger partial charge in [-0.1, -0.05) is 13.3 Å². The minimum Gasteiger partial charge on any atom is -0.386 e. The number of benzene rings is 1. The molecule has 2 aromatic rings. The number of nitrogens with zero attached hydrogens (tertiary/aromatic N) is 2. The number of halogens is 4. The molecule has 1 heterocycles. The number of carbonyl (C=O) groups is 1. The molecule has 0 bridgehead atoms. The van der Waals surface area contributed by atoms with Gasteiger partial charge in [-0.3, -0.25) is 10.1 Å². The Balaban J connectivity index is 1.74. The third-order valence-corrected chi connectivity index (χ3v) is 7.16. The van der Waals surface area contributed by atoms with Crippen LogP contribution in [0.2, 0.25) is 0 Å². The van der Waals surface area contributed by atoms with Gasteiger partial charge in [-0.15, -0.1) is 0 Å². The maximum atomic E-state index is 14.8. The second kappa shape index (κ2) is 7.18. The van der Waals surface area contributed by atoms with Gasteiger partial charge in [0, 0.05) is 12.0 Å². The van der Waals surface area contributed by atoms with E-state index < -0.39 is 34.8 Å². The van der Waals surface area contributed by atoms with Crippen molar-refractivity contribution in [3.05, 3.63) is 23.5 Å². The number of aromatic nitrogens is 2. The van der Waals surface area contributed by atoms with Gasteiger partial charge in [0.05, 0.1) is 16.5 Å². The molecule has 0 saturated heterocycles. The van der Waals surface area contributed by atoms with Crippen molar-refractivity contribution < 1.29 is 27.5 Å². The molecule has 0 radical (unpaired) electrons. The average Bonchev–Trinajstić information content (AvgIpc) is 2.89. The van der Waals surface area contributed by atoms with Crippen LogP contribution in [-0.4, -0.2) is 26.7 Å². The fourth-order valence-corrected chi connectivity index (χ4v) is 4.60. The summed E-state index contributed by atoms with van der Waals surface area (Å²) < 4.78 is 57.5. The summed E-state index contributed by atoms with van der Waals surface area (Å²) in [5, 5.41) is 12.9. The molecule has 4 rings (SSSR count). The van der Waals surface area contributed by atoms with E-state index in [1.54, 1.807) is 10.6 Å². The number of carbonyl (C=O) groups excluding carboxylic acids is 1. The predicted octanol–water partition coefficient (Wildman–Crippen LogP) is 5.44. The molecule has 1 unspecified atom stereocenters. The van der Waals surface area contributed by atoms with E-state index in [9.17, 15) is 27.5 Å². The molecule has 1 aromatic carbocycles. The highest BCUT2D eigenvalue weighted by molar-refractivity contribution is 5.94. The van der Waals surface area contributed by atoms with E-state index in [-0.39, 0.29) is 30.3 Å². The normalized spacial score (nSPS) is 20.3. The molecule has 2 aliphatic carbocycles. The number of fused-ring (bicyclic) bond motifs is 1. The SMILES string of the molecule is CC(C(=O)Nc1nc2c(F)cc(C(C)(C)O)cc2n1C1CCC1)C1(C(F)(F)F)CCC1. The summed E-state index contributed by atoms with van der Waals surface area (Å²) in [6, 6.07) is 2.79. The number of rotatable bonds is 5. The Morgan fingerprint density at radius 3 is 2.35 bits per heavy atom. The van der Waals surface area contributed by atoms with Gasteiger partial charge in [0.2, 0.25) is 11.9 Å². The summed E-state index contributed by atoms with van der Waals surface area (Å²) >= 11 is 0. The lowest BCUT2D eigenvalue weighted by Gasteiger charge is -2.46. The number of hydrogen-bond acceptors (Lipinski definition) is 3. The van der Waals surface area contributed by atoms with Crippen LogP contribution in [0.25, 0.3) is 11.0 Å². The largest absolute Gasteiger partial charge is 0.395 e. The van der Waals surface area contributed by atoms with E-state index in [4.69, 9.17) is 0 Å². The average molecular weight is 441 g/mol. The summed E-state index contributed by atoms with van der Waals surface area (Å²) in [6.07, 6.45) is -1.64. The third kappa shape index (κ3) is 3.50. The van der Waals surface area contributed by atoms with Gasteiger partial charge in [0.1, 0.15) is 5.52 Å². The van der Waals surface area contributed by atoms with Crippen LogP contribution >= 0.6 is 0 Å². The monoisotopic (exact) mass is 441 g/mol. The second-order valence-corrected chi connectivity index (χ2v) is 9.49. The molecule has 5 nitrogen and oxygen atoms in total. The number of anilines is 1. The lowest BCUT2D eigenvalue weighted by molar-refractivity contribution is -0.265. The van der Waals surface area contributed by atoms with E-state index in [2.05, 4.69) is 10.3 Å². The Morgan fingerprint density at radius 1 is 1.26 bits per heavy atom. The zero-order chi connectivity index (χ0) is 22.8. The maximum Gasteiger partial charge on any atom is 0.395 e. The van der Waals surface area contributed by atoms with Crippen LogP contribution in [-0.2, 0) is 10.4 Å². The molecule has 2 aliphatic rings. The molecule has 2 fully saturated rings. The Morgan fingerprint density at radius 2 is 1.90 bits per heavy atom. The fourth-order valence-electron chi connectivity index (χ4n) is 4.60. The molecule has 2 saturated carbocycles. The molecular formula is C22H27F4N3O2. The van der Waals surface area contributed by atoms with Gasteiger partial charge in [-0.25, -0.2) is 9.37 Å². The van der Waals surface area contributed by atoms with Crippen molar-refractivity contribution in [2.45, 2.75) is 77.1 Å². The molecule has 0 spiro atoms. The summed E-state index contributed by atoms with van der Waals surface area (Å²) in [4.78, 5) is 17.1. The second-order valence-electron chi connectivity index (χ2n) is 9.49. The number of amides is 1. The molecule has 1 amide bonds. The van der Waals surface area contributed by atoms with Crippen LogP contribution < -0.4 is 5.32 Å². The molecule has 1 aromatic heterocycles. The number of aliphatic hydroxyl groups is 1. The number of hydrogen-bond donors (Lipinski definition) is 2. The maximum absolute atomic E-state index is 14.8. The van der Waals surface area contributed by atoms with Crippen molar-refractivity contribution in [2.75, 3.05) is 5.32 Å². The lowest BCUT2D eigenvalue weighted by Crippen LogP contribution is -2.52. The van der Waals surface area contributed by atoms with E-state index in [1.165, 1.54) is 26.8 Å². The van der Waals surface area contributed by atoms with Crippen molar-refractivity contribution in [1.29, 1.82) is 0 Å². The molecule has 2 N–H and O–H groups in total. The Hall–Kier alpha value is -2.16. The summed E-state index contributed by atoms with van der Waals surface area (Å²) in [5.41, 5.74) is -2.51. The number of imidazole rings is 1. The topological polar surface area (TPSA) is 67.2 Å². The molecular weight excluding hydrogens is 414 g/mol. The standard InChI is InChI=1S/C22H27F4N3O2/c1-12(21(8-5-9-21)22(24,25)26)18(30)28-19-27-17-15(23)10-13(20(2,3)31)11-16(17)29(19)14-6-4-7-14/h10-12,14,31H,4-9H2,1-3H3,(H,27,28,30). The summed E-state index contributed by atoms with van der Waals surface area (Å²) in [6.45, 7) is 4.37. The van der Waals surface area contributed by atoms with E-state index in [1.807, 2.05) is 0 Å². The number of nitrogens with one attached hydrogen (secondary N) is 1. The first-order valence-corrected chi connectivity index (χ1v) is 10.7. The van der Waals surface area contributed by atoms with Crippen molar-refractivity contribution in [3.8, 4) is 0 Å². The van der Waals surface area contributed by atoms with Crippen LogP contribution in [0.4, 0.5) is 23.5 Å². The van der Waals surface area contributed by atoms with Gasteiger partial charge in [0.25, 0.3) is 0 Å². The number of alkyl halides is 3. The zero-order valence-electron chi connectivity index (χ0n) is 17.8. The first-order chi connectivity index (χ1) is 14.3. The van der Waals surface area contributed by atoms with Crippen LogP contribution in [0.1, 0.15) is 70.9 Å². The lowest BCUT2D eigenvalue weighted by atomic mass is 9.60. The fraction of sp³-hybridized carbons (Fsp3) is 0.636. The van der Waals surface area contributed by atoms with Crippen LogP contribution in [0.15, 0.2) is 12.1 Å². The minimum atomic E-state index is -4.47. The molecule has 170 valence electrons. The summed E-state index contributed by atoms with van der Waals surface area (Å²) in [5.74, 6) is -2.65. The van der Waals surface area contributed by atoms with Gasteiger partial charge < -0.3 is 9.67 Å².